The summed E-state index contributed by atoms with van der Waals surface area (Å²) in [6.45, 7) is 8.82. The van der Waals surface area contributed by atoms with Gasteiger partial charge in [0.1, 0.15) is 10.8 Å². The zero-order valence-electron chi connectivity index (χ0n) is 14.1. The third kappa shape index (κ3) is 1.94. The number of para-hydroxylation sites is 2. The molecule has 0 unspecified atom stereocenters. The number of fused-ring (bicyclic) bond motifs is 3. The maximum Gasteiger partial charge on any atom is 0.150 e. The van der Waals surface area contributed by atoms with E-state index in [1.165, 1.54) is 0 Å². The van der Waals surface area contributed by atoms with Crippen LogP contribution in [0.1, 0.15) is 39.3 Å². The first kappa shape index (κ1) is 15.1. The summed E-state index contributed by atoms with van der Waals surface area (Å²) in [4.78, 5) is 22.4. The molecule has 4 rings (SSSR count). The van der Waals surface area contributed by atoms with Crippen molar-refractivity contribution >= 4 is 28.6 Å². The first-order valence-corrected chi connectivity index (χ1v) is 9.16. The molecule has 2 aliphatic carbocycles. The number of Topliss-reactive ketones (excluding diaryl/α,β-unsaturated/α-hetero) is 1. The molecule has 0 N–H and O–H groups in total. The van der Waals surface area contributed by atoms with Gasteiger partial charge in [-0.25, -0.2) is 9.97 Å². The van der Waals surface area contributed by atoms with Crippen LogP contribution in [0.4, 0.5) is 0 Å². The van der Waals surface area contributed by atoms with E-state index >= 15 is 0 Å². The lowest BCUT2D eigenvalue weighted by Crippen LogP contribution is -2.35. The monoisotopic (exact) mass is 326 g/mol. The molecule has 0 radical (unpaired) electrons. The van der Waals surface area contributed by atoms with E-state index in [4.69, 9.17) is 4.98 Å². The first-order valence-electron chi connectivity index (χ1n) is 8.28. The predicted octanol–water partition coefficient (Wildman–Crippen LogP) is 4.42. The maximum atomic E-state index is 12.9. The lowest BCUT2D eigenvalue weighted by Gasteiger charge is -2.37. The van der Waals surface area contributed by atoms with Crippen molar-refractivity contribution in [2.75, 3.05) is 0 Å². The van der Waals surface area contributed by atoms with Crippen LogP contribution in [0, 0.1) is 23.7 Å². The first-order chi connectivity index (χ1) is 10.8. The highest BCUT2D eigenvalue weighted by atomic mass is 32.2. The minimum atomic E-state index is 0.00501. The van der Waals surface area contributed by atoms with Crippen LogP contribution in [0.3, 0.4) is 0 Å². The zero-order chi connectivity index (χ0) is 16.4. The quantitative estimate of drug-likeness (QED) is 0.819. The molecule has 120 valence electrons. The summed E-state index contributed by atoms with van der Waals surface area (Å²) in [5, 5.41) is 0.914. The number of benzene rings is 1. The third-order valence-corrected chi connectivity index (χ3v) is 8.01. The van der Waals surface area contributed by atoms with Gasteiger partial charge >= 0.3 is 0 Å². The second-order valence-corrected chi connectivity index (χ2v) is 8.83. The van der Waals surface area contributed by atoms with Crippen molar-refractivity contribution in [3.05, 3.63) is 30.0 Å². The molecule has 2 fully saturated rings. The minimum Gasteiger partial charge on any atom is -0.298 e. The molecular formula is C19H22N2OS. The number of carbonyl (C=O) groups excluding carboxylic acids is 1. The number of aryl methyl sites for hydroxylation is 1. The van der Waals surface area contributed by atoms with Gasteiger partial charge in [-0.1, -0.05) is 44.7 Å². The van der Waals surface area contributed by atoms with Crippen LogP contribution >= 0.6 is 11.8 Å². The lowest BCUT2D eigenvalue weighted by molar-refractivity contribution is -0.122. The number of aromatic nitrogens is 2. The number of ketones is 1. The van der Waals surface area contributed by atoms with Crippen molar-refractivity contribution in [2.24, 2.45) is 16.7 Å². The van der Waals surface area contributed by atoms with Gasteiger partial charge in [-0.2, -0.15) is 0 Å². The summed E-state index contributed by atoms with van der Waals surface area (Å²) in [7, 11) is 0. The van der Waals surface area contributed by atoms with E-state index < -0.39 is 0 Å². The third-order valence-electron chi connectivity index (χ3n) is 6.41. The molecular weight excluding hydrogens is 304 g/mol. The molecule has 4 heteroatoms. The van der Waals surface area contributed by atoms with E-state index in [1.54, 1.807) is 11.8 Å². The van der Waals surface area contributed by atoms with Crippen molar-refractivity contribution in [1.82, 2.24) is 9.97 Å². The molecule has 3 atom stereocenters. The highest BCUT2D eigenvalue weighted by Crippen LogP contribution is 2.67. The lowest BCUT2D eigenvalue weighted by atomic mass is 9.71. The van der Waals surface area contributed by atoms with Gasteiger partial charge in [0.15, 0.2) is 0 Å². The number of nitrogens with zero attached hydrogens (tertiary/aromatic N) is 2. The highest BCUT2D eigenvalue weighted by molar-refractivity contribution is 8.00. The van der Waals surface area contributed by atoms with Crippen molar-refractivity contribution in [3.63, 3.8) is 0 Å². The number of hydrogen-bond acceptors (Lipinski definition) is 4. The second kappa shape index (κ2) is 4.79. The molecule has 0 saturated heterocycles. The Balaban J connectivity index is 1.74. The van der Waals surface area contributed by atoms with Crippen molar-refractivity contribution in [2.45, 2.75) is 50.8 Å². The maximum absolute atomic E-state index is 12.9. The van der Waals surface area contributed by atoms with Gasteiger partial charge in [0, 0.05) is 5.92 Å². The smallest absolute Gasteiger partial charge is 0.150 e. The van der Waals surface area contributed by atoms with Crippen LogP contribution < -0.4 is 0 Å². The van der Waals surface area contributed by atoms with Gasteiger partial charge in [-0.15, -0.1) is 0 Å². The molecule has 2 aromatic rings. The van der Waals surface area contributed by atoms with Crippen molar-refractivity contribution in [3.8, 4) is 0 Å². The van der Waals surface area contributed by atoms with Gasteiger partial charge in [-0.3, -0.25) is 4.79 Å². The molecule has 0 aliphatic heterocycles. The molecule has 0 spiro atoms. The normalized spacial score (nSPS) is 31.9. The zero-order valence-corrected chi connectivity index (χ0v) is 14.9. The van der Waals surface area contributed by atoms with E-state index in [1.807, 2.05) is 31.2 Å². The molecule has 1 aromatic heterocycles. The van der Waals surface area contributed by atoms with Crippen molar-refractivity contribution in [1.29, 1.82) is 0 Å². The SMILES string of the molecule is Cc1nc2ccccc2nc1S[C@H]1C(=O)[C@H]2CC[C@@]1(C)C2(C)C. The average Bonchev–Trinajstić information content (AvgIpc) is 2.81. The fraction of sp³-hybridized carbons (Fsp3) is 0.526. The van der Waals surface area contributed by atoms with E-state index in [-0.39, 0.29) is 22.0 Å². The van der Waals surface area contributed by atoms with E-state index in [0.717, 1.165) is 34.6 Å². The predicted molar refractivity (Wildman–Crippen MR) is 93.5 cm³/mol. The summed E-state index contributed by atoms with van der Waals surface area (Å²) in [6, 6.07) is 7.93. The van der Waals surface area contributed by atoms with Crippen LogP contribution in [0.2, 0.25) is 0 Å². The van der Waals surface area contributed by atoms with Gasteiger partial charge in [-0.05, 0) is 42.7 Å². The summed E-state index contributed by atoms with van der Waals surface area (Å²) < 4.78 is 0. The molecule has 2 saturated carbocycles. The molecule has 2 bridgehead atoms. The molecule has 0 amide bonds. The Morgan fingerprint density at radius 2 is 1.78 bits per heavy atom. The van der Waals surface area contributed by atoms with Crippen LogP contribution in [-0.2, 0) is 4.79 Å². The Labute approximate surface area is 141 Å². The highest BCUT2D eigenvalue weighted by Gasteiger charge is 2.66. The van der Waals surface area contributed by atoms with Gasteiger partial charge in [0.05, 0.1) is 22.0 Å². The Hall–Kier alpha value is -1.42. The number of rotatable bonds is 2. The molecule has 3 nitrogen and oxygen atoms in total. The Bertz CT molecular complexity index is 816. The molecule has 23 heavy (non-hydrogen) atoms. The molecule has 1 aromatic carbocycles. The minimum absolute atomic E-state index is 0.00501. The Kier molecular flexibility index (Phi) is 3.15. The van der Waals surface area contributed by atoms with Gasteiger partial charge < -0.3 is 0 Å². The van der Waals surface area contributed by atoms with Crippen LogP contribution in [0.5, 0.6) is 0 Å². The summed E-state index contributed by atoms with van der Waals surface area (Å²) >= 11 is 1.64. The van der Waals surface area contributed by atoms with Gasteiger partial charge in [0.25, 0.3) is 0 Å². The largest absolute Gasteiger partial charge is 0.298 e. The van der Waals surface area contributed by atoms with E-state index in [2.05, 4.69) is 25.8 Å². The summed E-state index contributed by atoms with van der Waals surface area (Å²) in [5.41, 5.74) is 2.88. The van der Waals surface area contributed by atoms with E-state index in [0.29, 0.717) is 5.78 Å². The topological polar surface area (TPSA) is 42.9 Å². The van der Waals surface area contributed by atoms with Crippen molar-refractivity contribution < 1.29 is 4.79 Å². The fourth-order valence-electron chi connectivity index (χ4n) is 4.47. The number of carbonyl (C=O) groups is 1. The van der Waals surface area contributed by atoms with Crippen LogP contribution in [-0.4, -0.2) is 21.0 Å². The Morgan fingerprint density at radius 1 is 1.13 bits per heavy atom. The molecule has 2 aliphatic rings. The van der Waals surface area contributed by atoms with Crippen LogP contribution in [0.25, 0.3) is 11.0 Å². The number of hydrogen-bond donors (Lipinski definition) is 0. The van der Waals surface area contributed by atoms with E-state index in [9.17, 15) is 4.79 Å². The standard InChI is InChI=1S/C19H22N2OS/c1-11-17(21-14-8-6-5-7-13(14)20-11)23-16-15(22)12-9-10-19(16,4)18(12,2)3/h5-8,12,16H,9-10H2,1-4H3/t12-,16+,19-/m1/s1. The molecule has 1 heterocycles. The number of thioether (sulfide) groups is 1. The average molecular weight is 326 g/mol. The summed E-state index contributed by atoms with van der Waals surface area (Å²) in [6.07, 6.45) is 2.18. The fourth-order valence-corrected chi connectivity index (χ4v) is 6.02. The van der Waals surface area contributed by atoms with Gasteiger partial charge in [0.2, 0.25) is 0 Å². The van der Waals surface area contributed by atoms with Crippen LogP contribution in [0.15, 0.2) is 29.3 Å². The second-order valence-electron chi connectivity index (χ2n) is 7.73. The Morgan fingerprint density at radius 3 is 2.39 bits per heavy atom. The summed E-state index contributed by atoms with van der Waals surface area (Å²) in [5.74, 6) is 0.627.